The second-order valence-corrected chi connectivity index (χ2v) is 11.3. The molecule has 1 aliphatic rings. The van der Waals surface area contributed by atoms with Gasteiger partial charge in [0, 0.05) is 19.0 Å². The Hall–Kier alpha value is -2.27. The van der Waals surface area contributed by atoms with Gasteiger partial charge >= 0.3 is 0 Å². The molecule has 2 aromatic carbocycles. The Morgan fingerprint density at radius 3 is 2.16 bits per heavy atom. The maximum atomic E-state index is 12.8. The maximum absolute atomic E-state index is 12.8. The quantitative estimate of drug-likeness (QED) is 0.639. The Balaban J connectivity index is 1.75. The Bertz CT molecular complexity index is 1140. The zero-order chi connectivity index (χ0) is 22.8. The van der Waals surface area contributed by atoms with Gasteiger partial charge in [-0.3, -0.25) is 4.79 Å². The highest BCUT2D eigenvalue weighted by atomic mass is 32.2. The molecule has 0 saturated carbocycles. The highest BCUT2D eigenvalue weighted by Crippen LogP contribution is 2.26. The van der Waals surface area contributed by atoms with Crippen LogP contribution in [0, 0.1) is 0 Å². The third kappa shape index (κ3) is 5.15. The average molecular weight is 466 g/mol. The number of likely N-dealkylation sites (N-methyl/N-ethyl adjacent to an activating group) is 1. The van der Waals surface area contributed by atoms with Gasteiger partial charge in [-0.1, -0.05) is 31.2 Å². The largest absolute Gasteiger partial charge is 0.301 e. The van der Waals surface area contributed by atoms with Crippen LogP contribution < -0.4 is 9.03 Å². The van der Waals surface area contributed by atoms with E-state index in [0.29, 0.717) is 0 Å². The van der Waals surface area contributed by atoms with E-state index < -0.39 is 26.0 Å². The second kappa shape index (κ2) is 9.07. The Morgan fingerprint density at radius 2 is 1.68 bits per heavy atom. The number of aryl methyl sites for hydroxylation is 1. The fourth-order valence-electron chi connectivity index (χ4n) is 3.48. The third-order valence-electron chi connectivity index (χ3n) is 5.32. The predicted octanol–water partition coefficient (Wildman–Crippen LogP) is 1.90. The van der Waals surface area contributed by atoms with Crippen molar-refractivity contribution in [2.45, 2.75) is 30.7 Å². The van der Waals surface area contributed by atoms with Crippen molar-refractivity contribution in [3.8, 4) is 0 Å². The molecule has 1 aliphatic heterocycles. The molecule has 1 N–H and O–H groups in total. The molecule has 1 amide bonds. The van der Waals surface area contributed by atoms with E-state index in [1.165, 1.54) is 29.8 Å². The van der Waals surface area contributed by atoms with Crippen LogP contribution in [0.3, 0.4) is 0 Å². The molecular weight excluding hydrogens is 438 g/mol. The number of nitrogens with zero attached hydrogens (tertiary/aromatic N) is 2. The van der Waals surface area contributed by atoms with Gasteiger partial charge in [0.15, 0.2) is 0 Å². The number of amides is 1. The molecular formula is C21H27N3O5S2. The van der Waals surface area contributed by atoms with E-state index in [9.17, 15) is 21.6 Å². The Labute approximate surface area is 184 Å². The van der Waals surface area contributed by atoms with Gasteiger partial charge in [0.05, 0.1) is 16.3 Å². The molecule has 168 valence electrons. The van der Waals surface area contributed by atoms with E-state index in [4.69, 9.17) is 0 Å². The van der Waals surface area contributed by atoms with Crippen LogP contribution in [0.5, 0.6) is 0 Å². The lowest BCUT2D eigenvalue weighted by molar-refractivity contribution is -0.116. The summed E-state index contributed by atoms with van der Waals surface area (Å²) in [6, 6.07) is 13.2. The molecule has 1 fully saturated rings. The molecule has 3 rings (SSSR count). The molecule has 1 saturated heterocycles. The van der Waals surface area contributed by atoms with Crippen LogP contribution in [0.25, 0.3) is 0 Å². The molecule has 10 heteroatoms. The van der Waals surface area contributed by atoms with Crippen molar-refractivity contribution in [2.75, 3.05) is 30.7 Å². The van der Waals surface area contributed by atoms with Crippen LogP contribution in [-0.2, 0) is 31.3 Å². The summed E-state index contributed by atoms with van der Waals surface area (Å²) in [6.45, 7) is 2.24. The third-order valence-corrected chi connectivity index (χ3v) is 8.45. The average Bonchev–Trinajstić information content (AvgIpc) is 3.00. The van der Waals surface area contributed by atoms with Crippen LogP contribution in [0.1, 0.15) is 30.5 Å². The number of anilines is 1. The molecule has 1 atom stereocenters. The minimum absolute atomic E-state index is 0.000805. The highest BCUT2D eigenvalue weighted by molar-refractivity contribution is 7.94. The number of hydrogen-bond donors (Lipinski definition) is 1. The first kappa shape index (κ1) is 23.4. The molecule has 2 aromatic rings. The van der Waals surface area contributed by atoms with E-state index in [0.717, 1.165) is 16.3 Å². The Kier molecular flexibility index (Phi) is 6.85. The summed E-state index contributed by atoms with van der Waals surface area (Å²) in [5, 5.41) is 0. The maximum Gasteiger partial charge on any atom is 0.242 e. The second-order valence-electron chi connectivity index (χ2n) is 7.64. The van der Waals surface area contributed by atoms with Gasteiger partial charge in [0.2, 0.25) is 26.0 Å². The highest BCUT2D eigenvalue weighted by Gasteiger charge is 2.36. The summed E-state index contributed by atoms with van der Waals surface area (Å²) in [5.41, 5.74) is 2.35. The minimum Gasteiger partial charge on any atom is -0.301 e. The summed E-state index contributed by atoms with van der Waals surface area (Å²) >= 11 is 0. The molecule has 31 heavy (non-hydrogen) atoms. The summed E-state index contributed by atoms with van der Waals surface area (Å²) < 4.78 is 53.0. The van der Waals surface area contributed by atoms with Crippen LogP contribution in [0.4, 0.5) is 5.69 Å². The lowest BCUT2D eigenvalue weighted by Crippen LogP contribution is -2.34. The number of carbonyl (C=O) groups is 1. The van der Waals surface area contributed by atoms with Gasteiger partial charge in [-0.2, -0.15) is 0 Å². The van der Waals surface area contributed by atoms with Crippen molar-refractivity contribution < 1.29 is 21.6 Å². The molecule has 0 radical (unpaired) electrons. The molecule has 8 nitrogen and oxygen atoms in total. The van der Waals surface area contributed by atoms with Crippen LogP contribution in [-0.4, -0.2) is 54.0 Å². The summed E-state index contributed by atoms with van der Waals surface area (Å²) in [7, 11) is -3.75. The van der Waals surface area contributed by atoms with Crippen LogP contribution >= 0.6 is 0 Å². The van der Waals surface area contributed by atoms with E-state index in [1.807, 2.05) is 43.3 Å². The lowest BCUT2D eigenvalue weighted by Gasteiger charge is -2.25. The van der Waals surface area contributed by atoms with Gasteiger partial charge in [-0.25, -0.2) is 25.9 Å². The standard InChI is InChI=1S/C21H27N3O5S2/c1-4-16-5-7-17(8-6-16)20(23(2)3)15-22-31(28,29)19-11-9-18(10-12-19)24-21(25)13-14-30(24,26)27/h5-12,20,22H,4,13-15H2,1-3H3. The number of hydrogen-bond acceptors (Lipinski definition) is 6. The Morgan fingerprint density at radius 1 is 1.06 bits per heavy atom. The van der Waals surface area contributed by atoms with Gasteiger partial charge in [0.1, 0.15) is 0 Å². The number of carbonyl (C=O) groups excluding carboxylic acids is 1. The van der Waals surface area contributed by atoms with Gasteiger partial charge in [-0.15, -0.1) is 0 Å². The normalized spacial score (nSPS) is 17.3. The van der Waals surface area contributed by atoms with E-state index in [2.05, 4.69) is 11.6 Å². The van der Waals surface area contributed by atoms with Gasteiger partial charge < -0.3 is 4.90 Å². The summed E-state index contributed by atoms with van der Waals surface area (Å²) in [6.07, 6.45) is 0.856. The van der Waals surface area contributed by atoms with E-state index >= 15 is 0 Å². The van der Waals surface area contributed by atoms with Crippen LogP contribution in [0.2, 0.25) is 0 Å². The lowest BCUT2D eigenvalue weighted by atomic mass is 10.0. The molecule has 1 heterocycles. The number of sulfonamides is 2. The summed E-state index contributed by atoms with van der Waals surface area (Å²) in [4.78, 5) is 13.8. The number of benzene rings is 2. The molecule has 0 aliphatic carbocycles. The van der Waals surface area contributed by atoms with Crippen molar-refractivity contribution >= 4 is 31.6 Å². The first-order chi connectivity index (χ1) is 14.5. The minimum atomic E-state index is -3.82. The smallest absolute Gasteiger partial charge is 0.242 e. The molecule has 0 aromatic heterocycles. The monoisotopic (exact) mass is 465 g/mol. The zero-order valence-corrected chi connectivity index (χ0v) is 19.4. The van der Waals surface area contributed by atoms with Crippen molar-refractivity contribution in [2.24, 2.45) is 0 Å². The van der Waals surface area contributed by atoms with Gasteiger partial charge in [0.25, 0.3) is 0 Å². The fraction of sp³-hybridized carbons (Fsp3) is 0.381. The fourth-order valence-corrected chi connectivity index (χ4v) is 5.97. The first-order valence-corrected chi connectivity index (χ1v) is 13.0. The van der Waals surface area contributed by atoms with Crippen molar-refractivity contribution in [1.82, 2.24) is 9.62 Å². The van der Waals surface area contributed by atoms with E-state index in [1.54, 1.807) is 0 Å². The molecule has 0 bridgehead atoms. The van der Waals surface area contributed by atoms with Crippen molar-refractivity contribution in [3.63, 3.8) is 0 Å². The topological polar surface area (TPSA) is 104 Å². The SMILES string of the molecule is CCc1ccc(C(CNS(=O)(=O)c2ccc(N3C(=O)CCS3(=O)=O)cc2)N(C)C)cc1. The number of nitrogens with one attached hydrogen (secondary N) is 1. The van der Waals surface area contributed by atoms with Crippen molar-refractivity contribution in [3.05, 3.63) is 59.7 Å². The molecule has 0 spiro atoms. The van der Waals surface area contributed by atoms with Crippen molar-refractivity contribution in [1.29, 1.82) is 0 Å². The van der Waals surface area contributed by atoms with Gasteiger partial charge in [-0.05, 0) is 55.9 Å². The first-order valence-electron chi connectivity index (χ1n) is 9.96. The predicted molar refractivity (Wildman–Crippen MR) is 120 cm³/mol. The van der Waals surface area contributed by atoms with Crippen LogP contribution in [0.15, 0.2) is 53.4 Å². The van der Waals surface area contributed by atoms with E-state index in [-0.39, 0.29) is 35.3 Å². The molecule has 1 unspecified atom stereocenters. The zero-order valence-electron chi connectivity index (χ0n) is 17.8. The number of rotatable bonds is 8. The summed E-state index contributed by atoms with van der Waals surface area (Å²) in [5.74, 6) is -0.754.